The van der Waals surface area contributed by atoms with Crippen LogP contribution >= 0.6 is 0 Å². The lowest BCUT2D eigenvalue weighted by Crippen LogP contribution is -2.34. The van der Waals surface area contributed by atoms with Crippen LogP contribution in [0, 0.1) is 11.3 Å². The van der Waals surface area contributed by atoms with E-state index in [0.717, 1.165) is 12.1 Å². The number of fused-ring (bicyclic) bond motifs is 1. The largest absolute Gasteiger partial charge is 0.418 e. The van der Waals surface area contributed by atoms with E-state index in [2.05, 4.69) is 4.98 Å². The van der Waals surface area contributed by atoms with Crippen LogP contribution in [0.1, 0.15) is 28.5 Å². The molecule has 1 aromatic carbocycles. The molecule has 5 nitrogen and oxygen atoms in total. The summed E-state index contributed by atoms with van der Waals surface area (Å²) in [6.45, 7) is -0.399. The first kappa shape index (κ1) is 18.7. The molecule has 10 heteroatoms. The van der Waals surface area contributed by atoms with Crippen LogP contribution in [0.4, 0.5) is 27.6 Å². The molecular weight excluding hydrogens is 373 g/mol. The monoisotopic (exact) mass is 383 g/mol. The number of hydrogen-bond donors (Lipinski definition) is 1. The Hall–Kier alpha value is -3.06. The van der Waals surface area contributed by atoms with Crippen molar-refractivity contribution in [1.29, 1.82) is 5.26 Å². The van der Waals surface area contributed by atoms with E-state index in [1.165, 1.54) is 18.3 Å². The van der Waals surface area contributed by atoms with Gasteiger partial charge < -0.3 is 10.0 Å². The predicted molar refractivity (Wildman–Crippen MR) is 81.5 cm³/mol. The van der Waals surface area contributed by atoms with Crippen molar-refractivity contribution >= 4 is 11.6 Å². The first-order chi connectivity index (χ1) is 12.6. The Kier molecular flexibility index (Phi) is 4.35. The fraction of sp³-hybridized carbons (Fsp3) is 0.235. The van der Waals surface area contributed by atoms with Gasteiger partial charge in [-0.15, -0.1) is 0 Å². The van der Waals surface area contributed by atoms with Crippen LogP contribution in [0.25, 0.3) is 0 Å². The third kappa shape index (κ3) is 3.10. The second-order valence-electron chi connectivity index (χ2n) is 5.81. The van der Waals surface area contributed by atoms with Gasteiger partial charge in [0.05, 0.1) is 17.8 Å². The third-order valence-corrected chi connectivity index (χ3v) is 4.08. The Morgan fingerprint density at radius 2 is 2.00 bits per heavy atom. The lowest BCUT2D eigenvalue weighted by molar-refractivity contribution is -0.207. The molecule has 1 aliphatic heterocycles. The zero-order chi connectivity index (χ0) is 20.0. The molecule has 27 heavy (non-hydrogen) atoms. The van der Waals surface area contributed by atoms with Crippen LogP contribution in [0.3, 0.4) is 0 Å². The van der Waals surface area contributed by atoms with Crippen molar-refractivity contribution in [2.75, 3.05) is 4.90 Å². The maximum atomic E-state index is 14.5. The van der Waals surface area contributed by atoms with Gasteiger partial charge in [-0.1, -0.05) is 12.1 Å². The van der Waals surface area contributed by atoms with Gasteiger partial charge in [0.1, 0.15) is 11.8 Å². The summed E-state index contributed by atoms with van der Waals surface area (Å²) in [5.74, 6) is -5.95. The van der Waals surface area contributed by atoms with Crippen LogP contribution in [0.5, 0.6) is 0 Å². The summed E-state index contributed by atoms with van der Waals surface area (Å²) in [6, 6.07) is 7.26. The van der Waals surface area contributed by atoms with E-state index < -0.39 is 47.5 Å². The smallest absolute Gasteiger partial charge is 0.379 e. The van der Waals surface area contributed by atoms with Gasteiger partial charge in [0.15, 0.2) is 6.10 Å². The minimum Gasteiger partial charge on any atom is -0.379 e. The van der Waals surface area contributed by atoms with Gasteiger partial charge in [0.2, 0.25) is 0 Å². The molecule has 1 atom stereocenters. The number of aliphatic hydroxyl groups excluding tert-OH is 1. The SMILES string of the molecule is N#Cc1cc(CN2C(=O)C(F)(F)c3c(C(O)C(F)(F)F)cccc32)ccn1. The quantitative estimate of drug-likeness (QED) is 0.826. The van der Waals surface area contributed by atoms with E-state index >= 15 is 0 Å². The van der Waals surface area contributed by atoms with Crippen molar-refractivity contribution in [2.45, 2.75) is 24.7 Å². The average Bonchev–Trinajstić information content (AvgIpc) is 2.81. The van der Waals surface area contributed by atoms with Gasteiger partial charge in [-0.2, -0.15) is 27.2 Å². The Labute approximate surface area is 149 Å². The molecule has 1 aliphatic rings. The number of halogens is 5. The number of amides is 1. The van der Waals surface area contributed by atoms with Crippen molar-refractivity contribution in [2.24, 2.45) is 0 Å². The normalized spacial score (nSPS) is 16.8. The highest BCUT2D eigenvalue weighted by molar-refractivity contribution is 6.06. The maximum Gasteiger partial charge on any atom is 0.418 e. The standard InChI is InChI=1S/C17H10F5N3O2/c18-16(19)13-11(14(26)17(20,21)22)2-1-3-12(13)25(15(16)27)8-9-4-5-24-10(6-9)7-23/h1-6,14,26H,8H2. The zero-order valence-electron chi connectivity index (χ0n) is 13.3. The second kappa shape index (κ2) is 6.28. The van der Waals surface area contributed by atoms with Crippen molar-refractivity contribution in [3.8, 4) is 6.07 Å². The van der Waals surface area contributed by atoms with E-state index in [0.29, 0.717) is 16.5 Å². The summed E-state index contributed by atoms with van der Waals surface area (Å²) in [4.78, 5) is 16.5. The molecule has 3 rings (SSSR count). The van der Waals surface area contributed by atoms with E-state index in [-0.39, 0.29) is 5.69 Å². The predicted octanol–water partition coefficient (Wildman–Crippen LogP) is 3.19. The molecule has 0 fully saturated rings. The molecule has 2 heterocycles. The molecule has 1 unspecified atom stereocenters. The number of benzene rings is 1. The molecule has 0 saturated carbocycles. The Morgan fingerprint density at radius 1 is 1.30 bits per heavy atom. The molecule has 2 aromatic rings. The van der Waals surface area contributed by atoms with Crippen LogP contribution in [0.15, 0.2) is 36.5 Å². The van der Waals surface area contributed by atoms with Gasteiger partial charge in [0, 0.05) is 11.8 Å². The number of alkyl halides is 5. The number of aliphatic hydroxyl groups is 1. The second-order valence-corrected chi connectivity index (χ2v) is 5.81. The highest BCUT2D eigenvalue weighted by Gasteiger charge is 2.56. The molecule has 0 bridgehead atoms. The molecule has 0 saturated heterocycles. The fourth-order valence-electron chi connectivity index (χ4n) is 2.89. The number of anilines is 1. The molecule has 1 aromatic heterocycles. The Balaban J connectivity index is 2.09. The molecule has 0 radical (unpaired) electrons. The van der Waals surface area contributed by atoms with E-state index in [4.69, 9.17) is 5.26 Å². The maximum absolute atomic E-state index is 14.5. The number of hydrogen-bond acceptors (Lipinski definition) is 4. The Morgan fingerprint density at radius 3 is 2.63 bits per heavy atom. The lowest BCUT2D eigenvalue weighted by Gasteiger charge is -2.20. The number of aromatic nitrogens is 1. The fourth-order valence-corrected chi connectivity index (χ4v) is 2.89. The van der Waals surface area contributed by atoms with Crippen molar-refractivity contribution in [1.82, 2.24) is 4.98 Å². The molecule has 1 amide bonds. The lowest BCUT2D eigenvalue weighted by atomic mass is 9.97. The van der Waals surface area contributed by atoms with Gasteiger partial charge in [0.25, 0.3) is 0 Å². The summed E-state index contributed by atoms with van der Waals surface area (Å²) in [6.07, 6.45) is -7.08. The van der Waals surface area contributed by atoms with Crippen LogP contribution < -0.4 is 4.90 Å². The van der Waals surface area contributed by atoms with Crippen molar-refractivity contribution < 1.29 is 31.9 Å². The number of carbonyl (C=O) groups excluding carboxylic acids is 1. The summed E-state index contributed by atoms with van der Waals surface area (Å²) in [7, 11) is 0. The first-order valence-electron chi connectivity index (χ1n) is 7.50. The van der Waals surface area contributed by atoms with Crippen LogP contribution in [0.2, 0.25) is 0 Å². The van der Waals surface area contributed by atoms with Gasteiger partial charge >= 0.3 is 18.0 Å². The van der Waals surface area contributed by atoms with Gasteiger partial charge in [-0.05, 0) is 23.8 Å². The van der Waals surface area contributed by atoms with Crippen LogP contribution in [-0.4, -0.2) is 22.2 Å². The molecule has 140 valence electrons. The number of pyridine rings is 1. The van der Waals surface area contributed by atoms with Gasteiger partial charge in [-0.3, -0.25) is 4.79 Å². The molecule has 0 spiro atoms. The third-order valence-electron chi connectivity index (χ3n) is 4.08. The average molecular weight is 383 g/mol. The number of rotatable bonds is 3. The van der Waals surface area contributed by atoms with E-state index in [1.54, 1.807) is 6.07 Å². The van der Waals surface area contributed by atoms with Gasteiger partial charge in [-0.25, -0.2) is 4.98 Å². The number of carbonyl (C=O) groups is 1. The first-order valence-corrected chi connectivity index (χ1v) is 7.50. The zero-order valence-corrected chi connectivity index (χ0v) is 13.3. The topological polar surface area (TPSA) is 77.2 Å². The van der Waals surface area contributed by atoms with E-state index in [9.17, 15) is 31.9 Å². The minimum absolute atomic E-state index is 0.00706. The summed E-state index contributed by atoms with van der Waals surface area (Å²) in [5, 5.41) is 18.3. The summed E-state index contributed by atoms with van der Waals surface area (Å²) < 4.78 is 67.6. The summed E-state index contributed by atoms with van der Waals surface area (Å²) >= 11 is 0. The highest BCUT2D eigenvalue weighted by atomic mass is 19.4. The number of nitriles is 1. The van der Waals surface area contributed by atoms with E-state index in [1.807, 2.05) is 0 Å². The molecular formula is C17H10F5N3O2. The van der Waals surface area contributed by atoms with Crippen molar-refractivity contribution in [3.05, 3.63) is 58.9 Å². The van der Waals surface area contributed by atoms with Crippen molar-refractivity contribution in [3.63, 3.8) is 0 Å². The number of nitrogens with zero attached hydrogens (tertiary/aromatic N) is 3. The van der Waals surface area contributed by atoms with Crippen LogP contribution in [-0.2, 0) is 17.3 Å². The minimum atomic E-state index is -5.17. The molecule has 1 N–H and O–H groups in total. The molecule has 0 aliphatic carbocycles. The Bertz CT molecular complexity index is 952. The highest BCUT2D eigenvalue weighted by Crippen LogP contribution is 2.49. The summed E-state index contributed by atoms with van der Waals surface area (Å²) in [5.41, 5.74) is -2.39.